The molecule has 2 atom stereocenters. The average molecular weight is 283 g/mol. The van der Waals surface area contributed by atoms with Crippen LogP contribution in [0.15, 0.2) is 0 Å². The molecule has 0 saturated carbocycles. The predicted molar refractivity (Wildman–Crippen MR) is 59.7 cm³/mol. The minimum Gasteiger partial charge on any atom is -0.377 e. The van der Waals surface area contributed by atoms with E-state index in [-0.39, 0.29) is 5.60 Å². The zero-order valence-electron chi connectivity index (χ0n) is 8.30. The van der Waals surface area contributed by atoms with E-state index in [1.54, 1.807) is 0 Å². The Hall–Kier alpha value is 0.650. The fourth-order valence-electron chi connectivity index (χ4n) is 1.68. The van der Waals surface area contributed by atoms with Crippen molar-refractivity contribution in [2.24, 2.45) is 0 Å². The highest BCUT2D eigenvalue weighted by Gasteiger charge is 2.40. The summed E-state index contributed by atoms with van der Waals surface area (Å²) < 4.78 is 6.13. The van der Waals surface area contributed by atoms with Gasteiger partial charge in [-0.05, 0) is 20.8 Å². The molecule has 1 rings (SSSR count). The molecule has 1 heterocycles. The molecule has 0 amide bonds. The molecule has 72 valence electrons. The van der Waals surface area contributed by atoms with Crippen LogP contribution in [0.2, 0.25) is 0 Å². The highest BCUT2D eigenvalue weighted by molar-refractivity contribution is 14.1. The molecule has 1 fully saturated rings. The summed E-state index contributed by atoms with van der Waals surface area (Å²) in [6.45, 7) is 7.75. The molecule has 3 heteroatoms. The Balaban J connectivity index is 2.61. The molecule has 0 radical (unpaired) electrons. The molecule has 0 N–H and O–H groups in total. The van der Waals surface area contributed by atoms with Gasteiger partial charge in [0.1, 0.15) is 0 Å². The molecule has 0 aromatic rings. The van der Waals surface area contributed by atoms with E-state index in [2.05, 4.69) is 48.3 Å². The van der Waals surface area contributed by atoms with Gasteiger partial charge in [-0.25, -0.2) is 0 Å². The fourth-order valence-corrected chi connectivity index (χ4v) is 3.45. The number of ether oxygens (including phenoxy) is 1. The average Bonchev–Trinajstić information content (AvgIpc) is 2.28. The Labute approximate surface area is 88.8 Å². The highest BCUT2D eigenvalue weighted by Crippen LogP contribution is 2.34. The lowest BCUT2D eigenvalue weighted by Crippen LogP contribution is -2.36. The molecular formula is C9H18INO. The Bertz CT molecular complexity index is 163. The number of rotatable bonds is 2. The zero-order valence-corrected chi connectivity index (χ0v) is 10.5. The van der Waals surface area contributed by atoms with Crippen molar-refractivity contribution in [3.63, 3.8) is 0 Å². The molecule has 0 spiro atoms. The molecule has 0 bridgehead atoms. The molecule has 1 aliphatic heterocycles. The second-order valence-corrected chi connectivity index (χ2v) is 5.50. The Morgan fingerprint density at radius 1 is 1.58 bits per heavy atom. The highest BCUT2D eigenvalue weighted by atomic mass is 127. The van der Waals surface area contributed by atoms with Gasteiger partial charge in [-0.2, -0.15) is 0 Å². The summed E-state index contributed by atoms with van der Waals surface area (Å²) in [7, 11) is 1.81. The summed E-state index contributed by atoms with van der Waals surface area (Å²) in [5.41, 5.74) is 0.0795. The van der Waals surface area contributed by atoms with Gasteiger partial charge in [-0.15, -0.1) is 0 Å². The Kier molecular flexibility index (Phi) is 3.40. The van der Waals surface area contributed by atoms with Crippen molar-refractivity contribution >= 4 is 22.6 Å². The van der Waals surface area contributed by atoms with Crippen molar-refractivity contribution in [1.29, 1.82) is 0 Å². The molecule has 2 unspecified atom stereocenters. The van der Waals surface area contributed by atoms with E-state index in [9.17, 15) is 0 Å². The number of hydrogen-bond acceptors (Lipinski definition) is 2. The van der Waals surface area contributed by atoms with Gasteiger partial charge in [0, 0.05) is 26.1 Å². The maximum Gasteiger partial charge on any atom is 0.0800 e. The first-order chi connectivity index (χ1) is 5.48. The van der Waals surface area contributed by atoms with Gasteiger partial charge in [0.05, 0.1) is 9.65 Å². The van der Waals surface area contributed by atoms with Crippen LogP contribution in [0, 0.1) is 0 Å². The van der Waals surface area contributed by atoms with Crippen LogP contribution < -0.4 is 0 Å². The second kappa shape index (κ2) is 3.80. The van der Waals surface area contributed by atoms with E-state index < -0.39 is 0 Å². The summed E-state index contributed by atoms with van der Waals surface area (Å²) in [6.07, 6.45) is 1.14. The summed E-state index contributed by atoms with van der Waals surface area (Å²) >= 11 is 2.50. The molecule has 1 saturated heterocycles. The molecule has 0 aromatic carbocycles. The van der Waals surface area contributed by atoms with Gasteiger partial charge in [-0.1, -0.05) is 22.6 Å². The van der Waals surface area contributed by atoms with E-state index in [0.29, 0.717) is 10.1 Å². The van der Waals surface area contributed by atoms with Crippen molar-refractivity contribution in [3.05, 3.63) is 0 Å². The summed E-state index contributed by atoms with van der Waals surface area (Å²) in [6, 6.07) is 0.629. The van der Waals surface area contributed by atoms with Gasteiger partial charge in [0.2, 0.25) is 0 Å². The van der Waals surface area contributed by atoms with Crippen LogP contribution in [0.4, 0.5) is 0 Å². The number of methoxy groups -OCH3 is 1. The Morgan fingerprint density at radius 3 is 2.42 bits per heavy atom. The SMILES string of the molecule is COC1(C)CC(I)N(C(C)C)C1. The first-order valence-corrected chi connectivity index (χ1v) is 5.68. The van der Waals surface area contributed by atoms with Crippen LogP contribution in [0.25, 0.3) is 0 Å². The topological polar surface area (TPSA) is 12.5 Å². The van der Waals surface area contributed by atoms with Gasteiger partial charge in [0.25, 0.3) is 0 Å². The van der Waals surface area contributed by atoms with E-state index in [1.807, 2.05) is 7.11 Å². The summed E-state index contributed by atoms with van der Waals surface area (Å²) in [4.78, 5) is 2.49. The van der Waals surface area contributed by atoms with Crippen molar-refractivity contribution < 1.29 is 4.74 Å². The normalized spacial score (nSPS) is 38.0. The largest absolute Gasteiger partial charge is 0.377 e. The van der Waals surface area contributed by atoms with Gasteiger partial charge in [0.15, 0.2) is 0 Å². The third-order valence-corrected chi connectivity index (χ3v) is 3.79. The third kappa shape index (κ3) is 2.12. The molecule has 0 aromatic heterocycles. The lowest BCUT2D eigenvalue weighted by molar-refractivity contribution is 0.0124. The third-order valence-electron chi connectivity index (χ3n) is 2.63. The van der Waals surface area contributed by atoms with Crippen molar-refractivity contribution in [1.82, 2.24) is 4.90 Å². The monoisotopic (exact) mass is 283 g/mol. The molecule has 12 heavy (non-hydrogen) atoms. The van der Waals surface area contributed by atoms with E-state index in [0.717, 1.165) is 13.0 Å². The number of likely N-dealkylation sites (tertiary alicyclic amines) is 1. The first kappa shape index (κ1) is 10.7. The Morgan fingerprint density at radius 2 is 2.17 bits per heavy atom. The van der Waals surface area contributed by atoms with E-state index in [4.69, 9.17) is 4.74 Å². The summed E-state index contributed by atoms with van der Waals surface area (Å²) in [5, 5.41) is 0. The van der Waals surface area contributed by atoms with Gasteiger partial charge < -0.3 is 4.74 Å². The minimum absolute atomic E-state index is 0.0795. The predicted octanol–water partition coefficient (Wildman–Crippen LogP) is 2.27. The van der Waals surface area contributed by atoms with Crippen molar-refractivity contribution in [3.8, 4) is 0 Å². The standard InChI is InChI=1S/C9H18INO/c1-7(2)11-6-9(3,12-4)5-8(11)10/h7-8H,5-6H2,1-4H3. The smallest absolute Gasteiger partial charge is 0.0800 e. The maximum atomic E-state index is 5.50. The van der Waals surface area contributed by atoms with Gasteiger partial charge in [-0.3, -0.25) is 4.90 Å². The van der Waals surface area contributed by atoms with Gasteiger partial charge >= 0.3 is 0 Å². The van der Waals surface area contributed by atoms with Crippen LogP contribution in [0.3, 0.4) is 0 Å². The van der Waals surface area contributed by atoms with Crippen LogP contribution in [-0.2, 0) is 4.74 Å². The number of alkyl halides is 1. The lowest BCUT2D eigenvalue weighted by atomic mass is 10.1. The molecule has 2 nitrogen and oxygen atoms in total. The second-order valence-electron chi connectivity index (χ2n) is 4.06. The molecular weight excluding hydrogens is 265 g/mol. The number of hydrogen-bond donors (Lipinski definition) is 0. The van der Waals surface area contributed by atoms with Crippen LogP contribution in [0.5, 0.6) is 0 Å². The summed E-state index contributed by atoms with van der Waals surface area (Å²) in [5.74, 6) is 0. The number of halogens is 1. The van der Waals surface area contributed by atoms with Crippen LogP contribution in [-0.4, -0.2) is 34.2 Å². The van der Waals surface area contributed by atoms with E-state index >= 15 is 0 Å². The van der Waals surface area contributed by atoms with E-state index in [1.165, 1.54) is 0 Å². The molecule has 1 aliphatic rings. The van der Waals surface area contributed by atoms with Crippen molar-refractivity contribution in [2.45, 2.75) is 42.9 Å². The lowest BCUT2D eigenvalue weighted by Gasteiger charge is -2.26. The molecule has 0 aliphatic carbocycles. The van der Waals surface area contributed by atoms with Crippen LogP contribution >= 0.6 is 22.6 Å². The zero-order chi connectivity index (χ0) is 9.35. The quantitative estimate of drug-likeness (QED) is 0.438. The van der Waals surface area contributed by atoms with Crippen LogP contribution in [0.1, 0.15) is 27.2 Å². The minimum atomic E-state index is 0.0795. The van der Waals surface area contributed by atoms with Crippen molar-refractivity contribution in [2.75, 3.05) is 13.7 Å². The number of nitrogens with zero attached hydrogens (tertiary/aromatic N) is 1. The fraction of sp³-hybridized carbons (Fsp3) is 1.00. The maximum absolute atomic E-state index is 5.50. The first-order valence-electron chi connectivity index (χ1n) is 4.43.